The van der Waals surface area contributed by atoms with Gasteiger partial charge in [0.25, 0.3) is 0 Å². The highest BCUT2D eigenvalue weighted by molar-refractivity contribution is 5.90. The number of hydrogen-bond acceptors (Lipinski definition) is 2. The first-order chi connectivity index (χ1) is 8.61. The molecule has 2 aromatic carbocycles. The van der Waals surface area contributed by atoms with Crippen molar-refractivity contribution < 1.29 is 13.9 Å². The monoisotopic (exact) mass is 244 g/mol. The molecule has 0 amide bonds. The number of aryl methyl sites for hydroxylation is 1. The number of halogens is 1. The molecule has 0 spiro atoms. The average molecular weight is 244 g/mol. The molecule has 0 aliphatic carbocycles. The van der Waals surface area contributed by atoms with Gasteiger partial charge in [-0.15, -0.1) is 0 Å². The topological polar surface area (TPSA) is 26.3 Å². The number of hydrogen-bond donors (Lipinski definition) is 0. The summed E-state index contributed by atoms with van der Waals surface area (Å²) in [5, 5.41) is 0. The van der Waals surface area contributed by atoms with Gasteiger partial charge >= 0.3 is 5.97 Å². The van der Waals surface area contributed by atoms with Gasteiger partial charge in [0.2, 0.25) is 0 Å². The van der Waals surface area contributed by atoms with Gasteiger partial charge in [-0.3, -0.25) is 0 Å². The van der Waals surface area contributed by atoms with Crippen LogP contribution in [0.2, 0.25) is 0 Å². The van der Waals surface area contributed by atoms with Crippen LogP contribution in [-0.2, 0) is 4.74 Å². The molecule has 0 aliphatic rings. The van der Waals surface area contributed by atoms with E-state index in [-0.39, 0.29) is 5.56 Å². The molecular formula is C15H13FO2. The molecule has 0 N–H and O–H groups in total. The predicted molar refractivity (Wildman–Crippen MR) is 67.9 cm³/mol. The van der Waals surface area contributed by atoms with E-state index < -0.39 is 11.8 Å². The van der Waals surface area contributed by atoms with E-state index in [9.17, 15) is 9.18 Å². The van der Waals surface area contributed by atoms with E-state index in [1.54, 1.807) is 6.07 Å². The van der Waals surface area contributed by atoms with Crippen LogP contribution in [0.1, 0.15) is 15.9 Å². The molecule has 0 saturated carbocycles. The van der Waals surface area contributed by atoms with E-state index in [0.717, 1.165) is 16.7 Å². The number of methoxy groups -OCH3 is 1. The van der Waals surface area contributed by atoms with Gasteiger partial charge in [-0.1, -0.05) is 35.9 Å². The highest BCUT2D eigenvalue weighted by atomic mass is 19.1. The van der Waals surface area contributed by atoms with Crippen LogP contribution in [0.25, 0.3) is 11.1 Å². The Morgan fingerprint density at radius 2 is 1.67 bits per heavy atom. The molecule has 0 unspecified atom stereocenters. The SMILES string of the molecule is COC(=O)c1ccc(-c2ccc(C)cc2)cc1F. The van der Waals surface area contributed by atoms with Crippen LogP contribution in [0.5, 0.6) is 0 Å². The van der Waals surface area contributed by atoms with E-state index in [2.05, 4.69) is 4.74 Å². The van der Waals surface area contributed by atoms with Crippen molar-refractivity contribution in [3.8, 4) is 11.1 Å². The lowest BCUT2D eigenvalue weighted by molar-refractivity contribution is 0.0595. The highest BCUT2D eigenvalue weighted by Gasteiger charge is 2.12. The van der Waals surface area contributed by atoms with Gasteiger partial charge in [-0.25, -0.2) is 9.18 Å². The number of benzene rings is 2. The molecule has 0 aliphatic heterocycles. The maximum absolute atomic E-state index is 13.8. The van der Waals surface area contributed by atoms with Crippen molar-refractivity contribution >= 4 is 5.97 Å². The Labute approximate surface area is 105 Å². The van der Waals surface area contributed by atoms with Crippen LogP contribution >= 0.6 is 0 Å². The molecule has 0 saturated heterocycles. The normalized spacial score (nSPS) is 10.2. The zero-order chi connectivity index (χ0) is 13.1. The lowest BCUT2D eigenvalue weighted by atomic mass is 10.0. The molecule has 3 heteroatoms. The summed E-state index contributed by atoms with van der Waals surface area (Å²) < 4.78 is 18.3. The van der Waals surface area contributed by atoms with Gasteiger partial charge in [-0.05, 0) is 30.2 Å². The van der Waals surface area contributed by atoms with Crippen LogP contribution in [-0.4, -0.2) is 13.1 Å². The fourth-order valence-corrected chi connectivity index (χ4v) is 1.72. The van der Waals surface area contributed by atoms with E-state index in [1.165, 1.54) is 19.2 Å². The van der Waals surface area contributed by atoms with E-state index in [4.69, 9.17) is 0 Å². The second kappa shape index (κ2) is 5.00. The molecule has 18 heavy (non-hydrogen) atoms. The van der Waals surface area contributed by atoms with Crippen molar-refractivity contribution in [3.05, 3.63) is 59.4 Å². The Morgan fingerprint density at radius 3 is 2.22 bits per heavy atom. The zero-order valence-corrected chi connectivity index (χ0v) is 10.2. The van der Waals surface area contributed by atoms with Gasteiger partial charge in [0.1, 0.15) is 5.82 Å². The third-order valence-electron chi connectivity index (χ3n) is 2.76. The maximum atomic E-state index is 13.8. The Hall–Kier alpha value is -2.16. The summed E-state index contributed by atoms with van der Waals surface area (Å²) in [5.41, 5.74) is 2.75. The van der Waals surface area contributed by atoms with Crippen LogP contribution in [0.3, 0.4) is 0 Å². The minimum atomic E-state index is -0.664. The quantitative estimate of drug-likeness (QED) is 0.755. The summed E-state index contributed by atoms with van der Waals surface area (Å²) in [7, 11) is 1.23. The summed E-state index contributed by atoms with van der Waals surface area (Å²) in [6, 6.07) is 12.3. The van der Waals surface area contributed by atoms with Gasteiger partial charge in [0, 0.05) is 0 Å². The second-order valence-electron chi connectivity index (χ2n) is 4.05. The third kappa shape index (κ3) is 2.40. The Balaban J connectivity index is 2.40. The van der Waals surface area contributed by atoms with E-state index >= 15 is 0 Å². The lowest BCUT2D eigenvalue weighted by Gasteiger charge is -2.05. The molecular weight excluding hydrogens is 231 g/mol. The van der Waals surface area contributed by atoms with Crippen molar-refractivity contribution in [3.63, 3.8) is 0 Å². The average Bonchev–Trinajstić information content (AvgIpc) is 2.38. The van der Waals surface area contributed by atoms with Crippen LogP contribution < -0.4 is 0 Å². The standard InChI is InChI=1S/C15H13FO2/c1-10-3-5-11(6-4-10)12-7-8-13(14(16)9-12)15(17)18-2/h3-9H,1-2H3. The summed E-state index contributed by atoms with van der Waals surface area (Å²) >= 11 is 0. The lowest BCUT2D eigenvalue weighted by Crippen LogP contribution is -2.04. The van der Waals surface area contributed by atoms with E-state index in [1.807, 2.05) is 31.2 Å². The summed E-state index contributed by atoms with van der Waals surface area (Å²) in [6.07, 6.45) is 0. The van der Waals surface area contributed by atoms with Crippen molar-refractivity contribution in [1.82, 2.24) is 0 Å². The Morgan fingerprint density at radius 1 is 1.06 bits per heavy atom. The van der Waals surface area contributed by atoms with Crippen LogP contribution in [0.4, 0.5) is 4.39 Å². The number of ether oxygens (including phenoxy) is 1. The molecule has 92 valence electrons. The predicted octanol–water partition coefficient (Wildman–Crippen LogP) is 3.59. The summed E-state index contributed by atoms with van der Waals surface area (Å²) in [6.45, 7) is 1.99. The smallest absolute Gasteiger partial charge is 0.340 e. The molecule has 0 fully saturated rings. The Bertz CT molecular complexity index is 574. The molecule has 0 atom stereocenters. The molecule has 0 aromatic heterocycles. The Kier molecular flexibility index (Phi) is 3.42. The summed E-state index contributed by atoms with van der Waals surface area (Å²) in [5.74, 6) is -1.23. The summed E-state index contributed by atoms with van der Waals surface area (Å²) in [4.78, 5) is 11.3. The first-order valence-electron chi connectivity index (χ1n) is 5.56. The van der Waals surface area contributed by atoms with Crippen LogP contribution in [0, 0.1) is 12.7 Å². The number of carbonyl (C=O) groups excluding carboxylic acids is 1. The maximum Gasteiger partial charge on any atom is 0.340 e. The van der Waals surface area contributed by atoms with Gasteiger partial charge < -0.3 is 4.74 Å². The van der Waals surface area contributed by atoms with Crippen molar-refractivity contribution in [1.29, 1.82) is 0 Å². The minimum absolute atomic E-state index is 0.0478. The first kappa shape index (κ1) is 12.3. The van der Waals surface area contributed by atoms with Crippen LogP contribution in [0.15, 0.2) is 42.5 Å². The van der Waals surface area contributed by atoms with E-state index in [0.29, 0.717) is 0 Å². The third-order valence-corrected chi connectivity index (χ3v) is 2.76. The molecule has 2 rings (SSSR count). The van der Waals surface area contributed by atoms with Crippen molar-refractivity contribution in [2.24, 2.45) is 0 Å². The molecule has 2 nitrogen and oxygen atoms in total. The van der Waals surface area contributed by atoms with Gasteiger partial charge in [0.15, 0.2) is 0 Å². The van der Waals surface area contributed by atoms with Crippen molar-refractivity contribution in [2.75, 3.05) is 7.11 Å². The molecule has 0 heterocycles. The van der Waals surface area contributed by atoms with Crippen molar-refractivity contribution in [2.45, 2.75) is 6.92 Å². The zero-order valence-electron chi connectivity index (χ0n) is 10.2. The molecule has 2 aromatic rings. The minimum Gasteiger partial charge on any atom is -0.465 e. The second-order valence-corrected chi connectivity index (χ2v) is 4.05. The number of esters is 1. The number of carbonyl (C=O) groups is 1. The first-order valence-corrected chi connectivity index (χ1v) is 5.56. The fourth-order valence-electron chi connectivity index (χ4n) is 1.72. The van der Waals surface area contributed by atoms with Gasteiger partial charge in [-0.2, -0.15) is 0 Å². The highest BCUT2D eigenvalue weighted by Crippen LogP contribution is 2.22. The van der Waals surface area contributed by atoms with Gasteiger partial charge in [0.05, 0.1) is 12.7 Å². The largest absolute Gasteiger partial charge is 0.465 e. The molecule has 0 bridgehead atoms. The fraction of sp³-hybridized carbons (Fsp3) is 0.133. The molecule has 0 radical (unpaired) electrons. The number of rotatable bonds is 2.